The van der Waals surface area contributed by atoms with Crippen LogP contribution in [0.4, 0.5) is 10.1 Å². The van der Waals surface area contributed by atoms with Crippen molar-refractivity contribution in [3.8, 4) is 0 Å². The van der Waals surface area contributed by atoms with Gasteiger partial charge in [0, 0.05) is 18.2 Å². The van der Waals surface area contributed by atoms with Crippen LogP contribution >= 0.6 is 0 Å². The molecule has 0 aliphatic carbocycles. The fraction of sp³-hybridized carbons (Fsp3) is 0.308. The number of nitrogens with two attached hydrogens (primary N) is 1. The molecule has 4 heteroatoms. The molecular weight excluding hydrogens is 219 g/mol. The van der Waals surface area contributed by atoms with Crippen LogP contribution in [0.3, 0.4) is 0 Å². The lowest BCUT2D eigenvalue weighted by Gasteiger charge is -2.25. The van der Waals surface area contributed by atoms with E-state index >= 15 is 0 Å². The molecule has 0 radical (unpaired) electrons. The van der Waals surface area contributed by atoms with Crippen molar-refractivity contribution in [1.82, 2.24) is 4.90 Å². The highest BCUT2D eigenvalue weighted by Gasteiger charge is 2.18. The van der Waals surface area contributed by atoms with Gasteiger partial charge in [0.05, 0.1) is 5.69 Å². The van der Waals surface area contributed by atoms with Gasteiger partial charge in [0.1, 0.15) is 5.82 Å². The summed E-state index contributed by atoms with van der Waals surface area (Å²) >= 11 is 0. The molecule has 0 aromatic heterocycles. The zero-order valence-corrected chi connectivity index (χ0v) is 10.1. The Morgan fingerprint density at radius 3 is 2.71 bits per heavy atom. The van der Waals surface area contributed by atoms with Crippen molar-refractivity contribution in [2.45, 2.75) is 19.9 Å². The summed E-state index contributed by atoms with van der Waals surface area (Å²) in [5.74, 6) is -0.794. The molecule has 0 fully saturated rings. The number of halogens is 1. The highest BCUT2D eigenvalue weighted by molar-refractivity contribution is 5.94. The van der Waals surface area contributed by atoms with E-state index < -0.39 is 5.82 Å². The Bertz CT molecular complexity index is 429. The first-order valence-electron chi connectivity index (χ1n) is 5.44. The number of nitrogen functional groups attached to an aromatic ring is 1. The third kappa shape index (κ3) is 3.06. The maximum absolute atomic E-state index is 13.3. The third-order valence-electron chi connectivity index (χ3n) is 2.46. The summed E-state index contributed by atoms with van der Waals surface area (Å²) in [5, 5.41) is 0. The highest BCUT2D eigenvalue weighted by Crippen LogP contribution is 2.15. The van der Waals surface area contributed by atoms with Crippen molar-refractivity contribution in [2.24, 2.45) is 0 Å². The minimum atomic E-state index is -0.571. The van der Waals surface area contributed by atoms with E-state index in [9.17, 15) is 9.18 Å². The number of nitrogens with zero attached hydrogens (tertiary/aromatic N) is 1. The van der Waals surface area contributed by atoms with E-state index in [1.807, 2.05) is 13.8 Å². The molecule has 0 atom stereocenters. The van der Waals surface area contributed by atoms with Crippen LogP contribution in [-0.4, -0.2) is 23.4 Å². The van der Waals surface area contributed by atoms with Crippen LogP contribution in [0.1, 0.15) is 24.2 Å². The molecule has 1 aromatic carbocycles. The van der Waals surface area contributed by atoms with Gasteiger partial charge in [-0.2, -0.15) is 0 Å². The Kier molecular flexibility index (Phi) is 4.26. The number of amides is 1. The van der Waals surface area contributed by atoms with Crippen LogP contribution in [0, 0.1) is 5.82 Å². The lowest BCUT2D eigenvalue weighted by Crippen LogP contribution is -2.37. The molecule has 0 heterocycles. The van der Waals surface area contributed by atoms with E-state index in [-0.39, 0.29) is 17.6 Å². The Morgan fingerprint density at radius 1 is 1.59 bits per heavy atom. The summed E-state index contributed by atoms with van der Waals surface area (Å²) < 4.78 is 13.3. The molecule has 1 rings (SSSR count). The van der Waals surface area contributed by atoms with E-state index in [0.29, 0.717) is 12.1 Å². The summed E-state index contributed by atoms with van der Waals surface area (Å²) in [6.45, 7) is 7.83. The number of anilines is 1. The van der Waals surface area contributed by atoms with Gasteiger partial charge >= 0.3 is 0 Å². The number of carbonyl (C=O) groups excluding carboxylic acids is 1. The third-order valence-corrected chi connectivity index (χ3v) is 2.46. The Morgan fingerprint density at radius 2 is 2.24 bits per heavy atom. The van der Waals surface area contributed by atoms with Gasteiger partial charge in [-0.25, -0.2) is 4.39 Å². The zero-order valence-electron chi connectivity index (χ0n) is 10.1. The average molecular weight is 236 g/mol. The van der Waals surface area contributed by atoms with Gasteiger partial charge in [0.2, 0.25) is 0 Å². The molecule has 17 heavy (non-hydrogen) atoms. The molecule has 0 aliphatic rings. The van der Waals surface area contributed by atoms with E-state index in [1.165, 1.54) is 12.1 Å². The van der Waals surface area contributed by atoms with Crippen molar-refractivity contribution in [2.75, 3.05) is 12.3 Å². The van der Waals surface area contributed by atoms with Crippen LogP contribution in [0.15, 0.2) is 30.9 Å². The van der Waals surface area contributed by atoms with Crippen LogP contribution in [0.5, 0.6) is 0 Å². The van der Waals surface area contributed by atoms with Crippen LogP contribution in [-0.2, 0) is 0 Å². The van der Waals surface area contributed by atoms with Gasteiger partial charge in [-0.15, -0.1) is 6.58 Å². The van der Waals surface area contributed by atoms with Gasteiger partial charge in [-0.1, -0.05) is 6.08 Å². The molecule has 0 saturated heterocycles. The first-order valence-corrected chi connectivity index (χ1v) is 5.44. The zero-order chi connectivity index (χ0) is 13.0. The van der Waals surface area contributed by atoms with Crippen molar-refractivity contribution in [3.05, 3.63) is 42.2 Å². The maximum atomic E-state index is 13.3. The van der Waals surface area contributed by atoms with E-state index in [4.69, 9.17) is 5.73 Å². The van der Waals surface area contributed by atoms with Crippen molar-refractivity contribution in [3.63, 3.8) is 0 Å². The number of hydrogen-bond acceptors (Lipinski definition) is 2. The minimum absolute atomic E-state index is 0.0288. The molecule has 0 bridgehead atoms. The lowest BCUT2D eigenvalue weighted by atomic mass is 10.1. The molecule has 1 amide bonds. The van der Waals surface area contributed by atoms with Crippen LogP contribution < -0.4 is 5.73 Å². The van der Waals surface area contributed by atoms with Crippen LogP contribution in [0.2, 0.25) is 0 Å². The largest absolute Gasteiger partial charge is 0.396 e. The summed E-state index contributed by atoms with van der Waals surface area (Å²) in [7, 11) is 0. The highest BCUT2D eigenvalue weighted by atomic mass is 19.1. The lowest BCUT2D eigenvalue weighted by molar-refractivity contribution is 0.0728. The van der Waals surface area contributed by atoms with E-state index in [1.54, 1.807) is 11.0 Å². The van der Waals surface area contributed by atoms with Crippen LogP contribution in [0.25, 0.3) is 0 Å². The average Bonchev–Trinajstić information content (AvgIpc) is 2.28. The fourth-order valence-corrected chi connectivity index (χ4v) is 1.49. The Balaban J connectivity index is 3.00. The number of rotatable bonds is 4. The molecule has 3 nitrogen and oxygen atoms in total. The summed E-state index contributed by atoms with van der Waals surface area (Å²) in [6, 6.07) is 4.12. The fourth-order valence-electron chi connectivity index (χ4n) is 1.49. The number of benzene rings is 1. The number of carbonyl (C=O) groups is 1. The molecular formula is C13H17FN2O. The van der Waals surface area contributed by atoms with Gasteiger partial charge < -0.3 is 10.6 Å². The molecule has 1 aromatic rings. The topological polar surface area (TPSA) is 46.3 Å². The van der Waals surface area contributed by atoms with Crippen molar-refractivity contribution in [1.29, 1.82) is 0 Å². The molecule has 0 saturated carbocycles. The van der Waals surface area contributed by atoms with Crippen molar-refractivity contribution < 1.29 is 9.18 Å². The number of hydrogen-bond donors (Lipinski definition) is 1. The van der Waals surface area contributed by atoms with Gasteiger partial charge in [-0.3, -0.25) is 4.79 Å². The second-order valence-corrected chi connectivity index (χ2v) is 4.08. The molecule has 0 aliphatic heterocycles. The normalized spacial score (nSPS) is 10.4. The summed E-state index contributed by atoms with van der Waals surface area (Å²) in [4.78, 5) is 13.7. The van der Waals surface area contributed by atoms with E-state index in [0.717, 1.165) is 6.07 Å². The smallest absolute Gasteiger partial charge is 0.254 e. The molecule has 92 valence electrons. The predicted octanol–water partition coefficient (Wildman–Crippen LogP) is 2.44. The quantitative estimate of drug-likeness (QED) is 0.644. The first-order chi connectivity index (χ1) is 7.97. The molecule has 2 N–H and O–H groups in total. The summed E-state index contributed by atoms with van der Waals surface area (Å²) in [6.07, 6.45) is 1.64. The maximum Gasteiger partial charge on any atom is 0.254 e. The summed E-state index contributed by atoms with van der Waals surface area (Å²) in [5.41, 5.74) is 5.71. The first kappa shape index (κ1) is 13.2. The molecule has 0 spiro atoms. The second kappa shape index (κ2) is 5.48. The van der Waals surface area contributed by atoms with Crippen molar-refractivity contribution >= 4 is 11.6 Å². The Hall–Kier alpha value is -1.84. The monoisotopic (exact) mass is 236 g/mol. The predicted molar refractivity (Wildman–Crippen MR) is 67.2 cm³/mol. The second-order valence-electron chi connectivity index (χ2n) is 4.08. The standard InChI is InChI=1S/C13H17FN2O/c1-4-7-16(9(2)3)13(17)10-5-6-12(15)11(14)8-10/h4-6,8-9H,1,7,15H2,2-3H3. The molecule has 0 unspecified atom stereocenters. The van der Waals surface area contributed by atoms with Gasteiger partial charge in [-0.05, 0) is 32.0 Å². The minimum Gasteiger partial charge on any atom is -0.396 e. The van der Waals surface area contributed by atoms with E-state index in [2.05, 4.69) is 6.58 Å². The van der Waals surface area contributed by atoms with Gasteiger partial charge in [0.15, 0.2) is 0 Å². The SMILES string of the molecule is C=CCN(C(=O)c1ccc(N)c(F)c1)C(C)C. The van der Waals surface area contributed by atoms with Gasteiger partial charge in [0.25, 0.3) is 5.91 Å². The Labute approximate surface area is 101 Å².